The number of benzene rings is 1. The zero-order valence-electron chi connectivity index (χ0n) is 9.88. The van der Waals surface area contributed by atoms with Crippen molar-refractivity contribution >= 4 is 5.69 Å². The van der Waals surface area contributed by atoms with Crippen LogP contribution < -0.4 is 4.90 Å². The average molecular weight is 201 g/mol. The second-order valence-electron chi connectivity index (χ2n) is 5.54. The molecule has 0 spiro atoms. The van der Waals surface area contributed by atoms with Gasteiger partial charge in [-0.1, -0.05) is 31.5 Å². The van der Waals surface area contributed by atoms with Crippen LogP contribution in [0.1, 0.15) is 38.7 Å². The highest BCUT2D eigenvalue weighted by atomic mass is 15.2. The lowest BCUT2D eigenvalue weighted by atomic mass is 9.72. The van der Waals surface area contributed by atoms with E-state index in [2.05, 4.69) is 50.1 Å². The second kappa shape index (κ2) is 2.58. The molecule has 1 saturated carbocycles. The summed E-state index contributed by atoms with van der Waals surface area (Å²) >= 11 is 0. The number of hydrogen-bond donors (Lipinski definition) is 0. The van der Waals surface area contributed by atoms with E-state index < -0.39 is 0 Å². The molecule has 0 aromatic heterocycles. The molecule has 1 heterocycles. The van der Waals surface area contributed by atoms with Crippen molar-refractivity contribution in [1.29, 1.82) is 0 Å². The Hall–Kier alpha value is -0.980. The van der Waals surface area contributed by atoms with Gasteiger partial charge < -0.3 is 4.90 Å². The van der Waals surface area contributed by atoms with Gasteiger partial charge >= 0.3 is 0 Å². The second-order valence-corrected chi connectivity index (χ2v) is 5.54. The summed E-state index contributed by atoms with van der Waals surface area (Å²) in [5.74, 6) is 0. The standard InChI is InChI=1S/C14H19N/c1-13-9-6-10-14(13,2)15(3)12-8-5-4-7-11(12)13/h4-5,7-8H,6,9-10H2,1-3H3. The van der Waals surface area contributed by atoms with E-state index in [9.17, 15) is 0 Å². The van der Waals surface area contributed by atoms with Crippen LogP contribution in [0.25, 0.3) is 0 Å². The van der Waals surface area contributed by atoms with E-state index in [4.69, 9.17) is 0 Å². The van der Waals surface area contributed by atoms with Crippen molar-refractivity contribution in [3.05, 3.63) is 29.8 Å². The van der Waals surface area contributed by atoms with Gasteiger partial charge in [-0.25, -0.2) is 0 Å². The van der Waals surface area contributed by atoms with Gasteiger partial charge in [0.2, 0.25) is 0 Å². The fourth-order valence-electron chi connectivity index (χ4n) is 3.79. The zero-order chi connectivity index (χ0) is 10.7. The molecular formula is C14H19N. The van der Waals surface area contributed by atoms with Gasteiger partial charge in [0.1, 0.15) is 0 Å². The van der Waals surface area contributed by atoms with Crippen molar-refractivity contribution in [2.75, 3.05) is 11.9 Å². The molecule has 3 rings (SSSR count). The first-order chi connectivity index (χ1) is 7.09. The van der Waals surface area contributed by atoms with Crippen LogP contribution in [0.3, 0.4) is 0 Å². The van der Waals surface area contributed by atoms with Crippen molar-refractivity contribution in [3.63, 3.8) is 0 Å². The molecule has 1 aliphatic carbocycles. The van der Waals surface area contributed by atoms with E-state index >= 15 is 0 Å². The molecule has 2 atom stereocenters. The zero-order valence-corrected chi connectivity index (χ0v) is 9.88. The normalized spacial score (nSPS) is 37.9. The molecule has 0 amide bonds. The Bertz CT molecular complexity index is 412. The van der Waals surface area contributed by atoms with Crippen molar-refractivity contribution in [3.8, 4) is 0 Å². The largest absolute Gasteiger partial charge is 0.368 e. The summed E-state index contributed by atoms with van der Waals surface area (Å²) in [5, 5.41) is 0. The minimum atomic E-state index is 0.344. The van der Waals surface area contributed by atoms with Gasteiger partial charge in [0.05, 0.1) is 0 Å². The third-order valence-corrected chi connectivity index (χ3v) is 5.13. The fraction of sp³-hybridized carbons (Fsp3) is 0.571. The molecule has 1 fully saturated rings. The molecule has 0 bridgehead atoms. The van der Waals surface area contributed by atoms with Gasteiger partial charge in [0, 0.05) is 23.7 Å². The van der Waals surface area contributed by atoms with E-state index in [1.807, 2.05) is 0 Å². The minimum Gasteiger partial charge on any atom is -0.368 e. The van der Waals surface area contributed by atoms with Crippen LogP contribution in [0.4, 0.5) is 5.69 Å². The third-order valence-electron chi connectivity index (χ3n) is 5.13. The topological polar surface area (TPSA) is 3.24 Å². The summed E-state index contributed by atoms with van der Waals surface area (Å²) in [6.07, 6.45) is 4.03. The molecule has 1 nitrogen and oxygen atoms in total. The maximum absolute atomic E-state index is 2.51. The van der Waals surface area contributed by atoms with Crippen LogP contribution in [-0.2, 0) is 5.41 Å². The molecule has 1 aromatic rings. The molecule has 2 unspecified atom stereocenters. The number of fused-ring (bicyclic) bond motifs is 3. The SMILES string of the molecule is CN1c2ccccc2C2(C)CCCC12C. The summed E-state index contributed by atoms with van der Waals surface area (Å²) in [7, 11) is 2.26. The fourth-order valence-corrected chi connectivity index (χ4v) is 3.79. The highest BCUT2D eigenvalue weighted by Crippen LogP contribution is 2.59. The van der Waals surface area contributed by atoms with Crippen molar-refractivity contribution in [1.82, 2.24) is 0 Å². The molecule has 0 radical (unpaired) electrons. The van der Waals surface area contributed by atoms with E-state index in [0.717, 1.165) is 0 Å². The van der Waals surface area contributed by atoms with Gasteiger partial charge in [-0.2, -0.15) is 0 Å². The van der Waals surface area contributed by atoms with Crippen LogP contribution in [0.15, 0.2) is 24.3 Å². The Balaban J connectivity index is 2.27. The van der Waals surface area contributed by atoms with Gasteiger partial charge in [0.15, 0.2) is 0 Å². The quantitative estimate of drug-likeness (QED) is 0.622. The van der Waals surface area contributed by atoms with E-state index in [1.165, 1.54) is 24.9 Å². The number of likely N-dealkylation sites (N-methyl/N-ethyl adjacent to an activating group) is 1. The van der Waals surface area contributed by atoms with Crippen molar-refractivity contribution in [2.24, 2.45) is 0 Å². The Kier molecular flexibility index (Phi) is 1.59. The molecule has 1 aromatic carbocycles. The smallest absolute Gasteiger partial charge is 0.0465 e. The predicted molar refractivity (Wildman–Crippen MR) is 64.5 cm³/mol. The molecule has 2 aliphatic rings. The summed E-state index contributed by atoms with van der Waals surface area (Å²) in [6.45, 7) is 4.88. The number of rotatable bonds is 0. The molecule has 80 valence electrons. The average Bonchev–Trinajstić information content (AvgIpc) is 2.63. The third kappa shape index (κ3) is 0.854. The van der Waals surface area contributed by atoms with Crippen LogP contribution in [0.5, 0.6) is 0 Å². The van der Waals surface area contributed by atoms with Gasteiger partial charge in [-0.05, 0) is 31.4 Å². The number of anilines is 1. The first-order valence-electron chi connectivity index (χ1n) is 5.93. The Morgan fingerprint density at radius 3 is 2.67 bits per heavy atom. The summed E-state index contributed by atoms with van der Waals surface area (Å²) in [4.78, 5) is 2.51. The molecule has 1 aliphatic heterocycles. The van der Waals surface area contributed by atoms with E-state index in [0.29, 0.717) is 11.0 Å². The monoisotopic (exact) mass is 201 g/mol. The first-order valence-corrected chi connectivity index (χ1v) is 5.93. The number of para-hydroxylation sites is 1. The summed E-state index contributed by atoms with van der Waals surface area (Å²) < 4.78 is 0. The van der Waals surface area contributed by atoms with Crippen molar-refractivity contribution in [2.45, 2.75) is 44.1 Å². The van der Waals surface area contributed by atoms with Crippen LogP contribution in [0.2, 0.25) is 0 Å². The first kappa shape index (κ1) is 9.26. The van der Waals surface area contributed by atoms with Gasteiger partial charge in [-0.3, -0.25) is 0 Å². The number of nitrogens with zero attached hydrogens (tertiary/aromatic N) is 1. The maximum Gasteiger partial charge on any atom is 0.0465 e. The van der Waals surface area contributed by atoms with E-state index in [-0.39, 0.29) is 0 Å². The number of hydrogen-bond acceptors (Lipinski definition) is 1. The summed E-state index contributed by atoms with van der Waals surface area (Å²) in [5.41, 5.74) is 3.73. The van der Waals surface area contributed by atoms with Gasteiger partial charge in [-0.15, -0.1) is 0 Å². The molecule has 0 N–H and O–H groups in total. The predicted octanol–water partition coefficient (Wildman–Crippen LogP) is 3.34. The molecule has 15 heavy (non-hydrogen) atoms. The Morgan fingerprint density at radius 2 is 1.87 bits per heavy atom. The summed E-state index contributed by atoms with van der Waals surface area (Å²) in [6, 6.07) is 8.93. The highest BCUT2D eigenvalue weighted by Gasteiger charge is 2.57. The lowest BCUT2D eigenvalue weighted by Crippen LogP contribution is -2.49. The van der Waals surface area contributed by atoms with Gasteiger partial charge in [0.25, 0.3) is 0 Å². The lowest BCUT2D eigenvalue weighted by Gasteiger charge is -2.40. The van der Waals surface area contributed by atoms with E-state index in [1.54, 1.807) is 5.56 Å². The van der Waals surface area contributed by atoms with Crippen LogP contribution >= 0.6 is 0 Å². The Labute approximate surface area is 92.1 Å². The Morgan fingerprint density at radius 1 is 1.13 bits per heavy atom. The molecule has 1 heteroatoms. The van der Waals surface area contributed by atoms with Crippen LogP contribution in [-0.4, -0.2) is 12.6 Å². The minimum absolute atomic E-state index is 0.344. The van der Waals surface area contributed by atoms with Crippen LogP contribution in [0, 0.1) is 0 Å². The molecule has 0 saturated heterocycles. The van der Waals surface area contributed by atoms with Crippen molar-refractivity contribution < 1.29 is 0 Å². The maximum atomic E-state index is 2.51. The molecular weight excluding hydrogens is 182 g/mol. The highest BCUT2D eigenvalue weighted by molar-refractivity contribution is 5.66. The lowest BCUT2D eigenvalue weighted by molar-refractivity contribution is 0.322.